The first-order valence-electron chi connectivity index (χ1n) is 14.4. The van der Waals surface area contributed by atoms with Crippen molar-refractivity contribution in [2.45, 2.75) is 70.0 Å². The number of benzene rings is 4. The zero-order valence-corrected chi connectivity index (χ0v) is 24.5. The monoisotopic (exact) mass is 596 g/mol. The summed E-state index contributed by atoms with van der Waals surface area (Å²) in [7, 11) is 0. The Kier molecular flexibility index (Phi) is 9.67. The number of rotatable bonds is 10. The number of carbonyl (C=O) groups is 2. The third kappa shape index (κ3) is 7.39. The van der Waals surface area contributed by atoms with Crippen LogP contribution in [0.3, 0.4) is 0 Å². The quantitative estimate of drug-likeness (QED) is 0.205. The fraction of sp³-hybridized carbons (Fsp3) is 0.314. The molecule has 4 aromatic rings. The van der Waals surface area contributed by atoms with E-state index in [0.717, 1.165) is 46.8 Å². The summed E-state index contributed by atoms with van der Waals surface area (Å²) in [6.45, 7) is 0.378. The van der Waals surface area contributed by atoms with Crippen molar-refractivity contribution in [1.82, 2.24) is 10.2 Å². The summed E-state index contributed by atoms with van der Waals surface area (Å²) in [5, 5.41) is 5.67. The lowest BCUT2D eigenvalue weighted by atomic mass is 9.94. The number of hydrogen-bond acceptors (Lipinski definition) is 2. The topological polar surface area (TPSA) is 49.4 Å². The summed E-state index contributed by atoms with van der Waals surface area (Å²) in [4.78, 5) is 29.9. The van der Waals surface area contributed by atoms with E-state index in [9.17, 15) is 9.59 Å². The van der Waals surface area contributed by atoms with E-state index in [2.05, 4.69) is 51.6 Å². The molecule has 1 saturated carbocycles. The largest absolute Gasteiger partial charge is 0.352 e. The first kappa shape index (κ1) is 28.1. The van der Waals surface area contributed by atoms with E-state index in [1.165, 1.54) is 17.2 Å². The molecular weight excluding hydrogens is 560 g/mol. The van der Waals surface area contributed by atoms with Gasteiger partial charge in [0.25, 0.3) is 0 Å². The first-order valence-corrected chi connectivity index (χ1v) is 15.2. The van der Waals surface area contributed by atoms with Crippen LogP contribution in [0.15, 0.2) is 102 Å². The molecule has 0 aliphatic heterocycles. The fourth-order valence-corrected chi connectivity index (χ4v) is 6.27. The number of carbonyl (C=O) groups excluding carboxylic acids is 2. The SMILES string of the molecule is O=C(NC1CCCCC1)C(Cc1ccccc1)N(Cc1cccc(Br)c1)C(=O)CCc1cccc2ccccc12. The van der Waals surface area contributed by atoms with Crippen molar-refractivity contribution in [3.8, 4) is 0 Å². The molecule has 1 unspecified atom stereocenters. The minimum Gasteiger partial charge on any atom is -0.352 e. The molecule has 206 valence electrons. The Hall–Kier alpha value is -3.44. The van der Waals surface area contributed by atoms with Crippen LogP contribution in [-0.2, 0) is 29.0 Å². The van der Waals surface area contributed by atoms with Crippen LogP contribution in [0.25, 0.3) is 10.8 Å². The van der Waals surface area contributed by atoms with Crippen molar-refractivity contribution < 1.29 is 9.59 Å². The summed E-state index contributed by atoms with van der Waals surface area (Å²) in [6.07, 6.45) is 6.95. The van der Waals surface area contributed by atoms with Gasteiger partial charge in [-0.05, 0) is 58.9 Å². The fourth-order valence-electron chi connectivity index (χ4n) is 5.83. The third-order valence-corrected chi connectivity index (χ3v) is 8.45. The van der Waals surface area contributed by atoms with Crippen LogP contribution in [0.1, 0.15) is 55.2 Å². The molecule has 1 aliphatic rings. The third-order valence-electron chi connectivity index (χ3n) is 7.95. The molecule has 0 heterocycles. The molecule has 1 aliphatic carbocycles. The van der Waals surface area contributed by atoms with Crippen molar-refractivity contribution in [2.24, 2.45) is 0 Å². The van der Waals surface area contributed by atoms with Gasteiger partial charge in [-0.3, -0.25) is 9.59 Å². The number of fused-ring (bicyclic) bond motifs is 1. The van der Waals surface area contributed by atoms with E-state index in [1.54, 1.807) is 0 Å². The van der Waals surface area contributed by atoms with Gasteiger partial charge in [0, 0.05) is 29.9 Å². The molecule has 4 aromatic carbocycles. The van der Waals surface area contributed by atoms with Crippen LogP contribution in [0, 0.1) is 0 Å². The van der Waals surface area contributed by atoms with Crippen LogP contribution >= 0.6 is 15.9 Å². The van der Waals surface area contributed by atoms with E-state index in [4.69, 9.17) is 0 Å². The highest BCUT2D eigenvalue weighted by Gasteiger charge is 2.31. The van der Waals surface area contributed by atoms with Crippen LogP contribution in [0.2, 0.25) is 0 Å². The lowest BCUT2D eigenvalue weighted by Gasteiger charge is -2.33. The molecule has 4 nitrogen and oxygen atoms in total. The maximum absolute atomic E-state index is 14.1. The summed E-state index contributed by atoms with van der Waals surface area (Å²) >= 11 is 3.58. The van der Waals surface area contributed by atoms with Crippen LogP contribution in [-0.4, -0.2) is 28.8 Å². The molecule has 0 aromatic heterocycles. The van der Waals surface area contributed by atoms with Crippen LogP contribution < -0.4 is 5.32 Å². The molecule has 5 rings (SSSR count). The highest BCUT2D eigenvalue weighted by Crippen LogP contribution is 2.23. The Labute approximate surface area is 245 Å². The number of nitrogens with zero attached hydrogens (tertiary/aromatic N) is 1. The van der Waals surface area contributed by atoms with Gasteiger partial charge in [0.15, 0.2) is 0 Å². The second-order valence-electron chi connectivity index (χ2n) is 10.8. The average molecular weight is 598 g/mol. The minimum atomic E-state index is -0.594. The molecule has 1 atom stereocenters. The molecule has 0 bridgehead atoms. The summed E-state index contributed by atoms with van der Waals surface area (Å²) < 4.78 is 0.958. The van der Waals surface area contributed by atoms with Crippen LogP contribution in [0.4, 0.5) is 0 Å². The average Bonchev–Trinajstić information content (AvgIpc) is 2.98. The standard InChI is InChI=1S/C35H37BrN2O2/c36-30-17-9-13-27(23-30)25-38(34(39)22-21-29-16-10-15-28-14-7-8-20-32(28)29)33(24-26-11-3-1-4-12-26)35(40)37-31-18-5-2-6-19-31/h1,3-4,7-17,20,23,31,33H,2,5-6,18-19,21-22,24-25H2,(H,37,40). The number of halogens is 1. The Bertz CT molecular complexity index is 1430. The highest BCUT2D eigenvalue weighted by molar-refractivity contribution is 9.10. The van der Waals surface area contributed by atoms with Gasteiger partial charge in [0.1, 0.15) is 6.04 Å². The van der Waals surface area contributed by atoms with Crippen LogP contribution in [0.5, 0.6) is 0 Å². The van der Waals surface area contributed by atoms with Crippen molar-refractivity contribution in [3.63, 3.8) is 0 Å². The van der Waals surface area contributed by atoms with Crippen molar-refractivity contribution in [1.29, 1.82) is 0 Å². The van der Waals surface area contributed by atoms with Gasteiger partial charge in [-0.2, -0.15) is 0 Å². The van der Waals surface area contributed by atoms with Crippen molar-refractivity contribution >= 4 is 38.5 Å². The van der Waals surface area contributed by atoms with Gasteiger partial charge >= 0.3 is 0 Å². The van der Waals surface area contributed by atoms with Gasteiger partial charge < -0.3 is 10.2 Å². The molecule has 2 amide bonds. The van der Waals surface area contributed by atoms with Gasteiger partial charge in [-0.15, -0.1) is 0 Å². The molecule has 1 N–H and O–H groups in total. The van der Waals surface area contributed by atoms with Crippen molar-refractivity contribution in [3.05, 3.63) is 118 Å². The van der Waals surface area contributed by atoms with Gasteiger partial charge in [0.05, 0.1) is 0 Å². The van der Waals surface area contributed by atoms with Crippen molar-refractivity contribution in [2.75, 3.05) is 0 Å². The van der Waals surface area contributed by atoms with E-state index < -0.39 is 6.04 Å². The molecular formula is C35H37BrN2O2. The van der Waals surface area contributed by atoms with Gasteiger partial charge in [0.2, 0.25) is 11.8 Å². The Morgan fingerprint density at radius 1 is 0.825 bits per heavy atom. The molecule has 0 radical (unpaired) electrons. The second-order valence-corrected chi connectivity index (χ2v) is 11.8. The summed E-state index contributed by atoms with van der Waals surface area (Å²) in [5.41, 5.74) is 3.20. The maximum atomic E-state index is 14.1. The maximum Gasteiger partial charge on any atom is 0.243 e. The van der Waals surface area contributed by atoms with Gasteiger partial charge in [-0.25, -0.2) is 0 Å². The van der Waals surface area contributed by atoms with E-state index in [1.807, 2.05) is 71.6 Å². The zero-order valence-electron chi connectivity index (χ0n) is 22.9. The summed E-state index contributed by atoms with van der Waals surface area (Å²) in [5.74, 6) is -0.0584. The normalized spacial score (nSPS) is 14.5. The number of hydrogen-bond donors (Lipinski definition) is 1. The molecule has 0 spiro atoms. The number of aryl methyl sites for hydroxylation is 1. The smallest absolute Gasteiger partial charge is 0.243 e. The second kappa shape index (κ2) is 13.8. The molecule has 1 fully saturated rings. The summed E-state index contributed by atoms with van der Waals surface area (Å²) in [6, 6.07) is 32.2. The van der Waals surface area contributed by atoms with E-state index in [-0.39, 0.29) is 17.9 Å². The molecule has 40 heavy (non-hydrogen) atoms. The lowest BCUT2D eigenvalue weighted by molar-refractivity contribution is -0.141. The number of nitrogens with one attached hydrogen (secondary N) is 1. The van der Waals surface area contributed by atoms with E-state index >= 15 is 0 Å². The number of amides is 2. The Morgan fingerprint density at radius 2 is 1.52 bits per heavy atom. The minimum absolute atomic E-state index is 0.00682. The van der Waals surface area contributed by atoms with E-state index in [0.29, 0.717) is 25.8 Å². The lowest BCUT2D eigenvalue weighted by Crippen LogP contribution is -2.52. The Morgan fingerprint density at radius 3 is 2.33 bits per heavy atom. The molecule has 5 heteroatoms. The molecule has 0 saturated heterocycles. The predicted molar refractivity (Wildman–Crippen MR) is 166 cm³/mol. The Balaban J connectivity index is 1.43. The first-order chi connectivity index (χ1) is 19.6. The zero-order chi connectivity index (χ0) is 27.7. The predicted octanol–water partition coefficient (Wildman–Crippen LogP) is 7.62. The van der Waals surface area contributed by atoms with Gasteiger partial charge in [-0.1, -0.05) is 120 Å². The highest BCUT2D eigenvalue weighted by atomic mass is 79.9.